The van der Waals surface area contributed by atoms with Gasteiger partial charge in [0, 0.05) is 23.4 Å². The van der Waals surface area contributed by atoms with E-state index in [9.17, 15) is 5.11 Å². The van der Waals surface area contributed by atoms with E-state index in [4.69, 9.17) is 6.42 Å². The van der Waals surface area contributed by atoms with Crippen LogP contribution in [0.15, 0.2) is 36.4 Å². The van der Waals surface area contributed by atoms with Crippen molar-refractivity contribution in [3.05, 3.63) is 42.0 Å². The van der Waals surface area contributed by atoms with Gasteiger partial charge >= 0.3 is 0 Å². The second kappa shape index (κ2) is 6.98. The molecular weight excluding hydrogens is 246 g/mol. The number of hydrogen-bond donors (Lipinski definition) is 2. The van der Waals surface area contributed by atoms with E-state index in [1.54, 1.807) is 0 Å². The van der Waals surface area contributed by atoms with Gasteiger partial charge in [-0.15, -0.1) is 12.3 Å². The molecule has 2 heteroatoms. The zero-order valence-corrected chi connectivity index (χ0v) is 11.9. The van der Waals surface area contributed by atoms with Crippen LogP contribution in [-0.4, -0.2) is 11.7 Å². The van der Waals surface area contributed by atoms with Crippen molar-refractivity contribution < 1.29 is 5.11 Å². The van der Waals surface area contributed by atoms with Gasteiger partial charge in [0.2, 0.25) is 0 Å². The zero-order chi connectivity index (χ0) is 14.4. The zero-order valence-electron chi connectivity index (χ0n) is 11.9. The van der Waals surface area contributed by atoms with Gasteiger partial charge in [0.15, 0.2) is 0 Å². The van der Waals surface area contributed by atoms with Crippen molar-refractivity contribution in [2.24, 2.45) is 0 Å². The fraction of sp³-hybridized carbons (Fsp3) is 0.333. The van der Waals surface area contributed by atoms with E-state index in [1.807, 2.05) is 30.3 Å². The summed E-state index contributed by atoms with van der Waals surface area (Å²) >= 11 is 0. The van der Waals surface area contributed by atoms with Gasteiger partial charge < -0.3 is 10.4 Å². The molecule has 0 fully saturated rings. The molecule has 0 radical (unpaired) electrons. The average molecular weight is 267 g/mol. The van der Waals surface area contributed by atoms with E-state index in [0.29, 0.717) is 5.75 Å². The third-order valence-electron chi connectivity index (χ3n) is 3.60. The van der Waals surface area contributed by atoms with Crippen molar-refractivity contribution in [1.82, 2.24) is 5.32 Å². The lowest BCUT2D eigenvalue weighted by atomic mass is 10.0. The minimum Gasteiger partial charge on any atom is -0.507 e. The summed E-state index contributed by atoms with van der Waals surface area (Å²) in [4.78, 5) is 0. The van der Waals surface area contributed by atoms with Crippen molar-refractivity contribution in [1.29, 1.82) is 0 Å². The predicted molar refractivity (Wildman–Crippen MR) is 84.7 cm³/mol. The molecule has 0 aliphatic heterocycles. The SMILES string of the molecule is C#CCCCCNC(C)c1ccc2ccccc2c1O. The molecule has 2 N–H and O–H groups in total. The quantitative estimate of drug-likeness (QED) is 0.612. The summed E-state index contributed by atoms with van der Waals surface area (Å²) in [5, 5.41) is 15.8. The van der Waals surface area contributed by atoms with Crippen LogP contribution in [0.3, 0.4) is 0 Å². The van der Waals surface area contributed by atoms with Gasteiger partial charge in [0.1, 0.15) is 5.75 Å². The van der Waals surface area contributed by atoms with Gasteiger partial charge in [-0.25, -0.2) is 0 Å². The highest BCUT2D eigenvalue weighted by molar-refractivity contribution is 5.89. The molecule has 0 aliphatic rings. The standard InChI is InChI=1S/C18H21NO/c1-3-4-5-8-13-19-14(2)16-12-11-15-9-6-7-10-17(15)18(16)20/h1,6-7,9-12,14,19-20H,4-5,8,13H2,2H3. The lowest BCUT2D eigenvalue weighted by Crippen LogP contribution is -2.19. The average Bonchev–Trinajstić information content (AvgIpc) is 2.47. The maximum Gasteiger partial charge on any atom is 0.128 e. The van der Waals surface area contributed by atoms with E-state index in [0.717, 1.165) is 42.1 Å². The van der Waals surface area contributed by atoms with Crippen LogP contribution in [0.1, 0.15) is 37.8 Å². The van der Waals surface area contributed by atoms with Gasteiger partial charge in [-0.3, -0.25) is 0 Å². The lowest BCUT2D eigenvalue weighted by Gasteiger charge is -2.16. The number of terminal acetylenes is 1. The Hall–Kier alpha value is -1.98. The molecule has 0 spiro atoms. The molecule has 0 amide bonds. The first-order chi connectivity index (χ1) is 9.74. The fourth-order valence-corrected chi connectivity index (χ4v) is 2.40. The molecule has 2 aromatic carbocycles. The normalized spacial score (nSPS) is 12.2. The summed E-state index contributed by atoms with van der Waals surface area (Å²) < 4.78 is 0. The van der Waals surface area contributed by atoms with E-state index < -0.39 is 0 Å². The summed E-state index contributed by atoms with van der Waals surface area (Å²) in [5.41, 5.74) is 0.945. The first-order valence-electron chi connectivity index (χ1n) is 7.11. The highest BCUT2D eigenvalue weighted by Crippen LogP contribution is 2.32. The highest BCUT2D eigenvalue weighted by Gasteiger charge is 2.11. The minimum absolute atomic E-state index is 0.130. The summed E-state index contributed by atoms with van der Waals surface area (Å²) in [5.74, 6) is 3.03. The Morgan fingerprint density at radius 2 is 2.00 bits per heavy atom. The van der Waals surface area contributed by atoms with E-state index >= 15 is 0 Å². The molecule has 20 heavy (non-hydrogen) atoms. The summed E-state index contributed by atoms with van der Waals surface area (Å²) in [6, 6.07) is 12.1. The van der Waals surface area contributed by atoms with E-state index in [1.165, 1.54) is 0 Å². The molecule has 0 saturated carbocycles. The van der Waals surface area contributed by atoms with Crippen LogP contribution in [0.4, 0.5) is 0 Å². The van der Waals surface area contributed by atoms with Crippen LogP contribution in [0.5, 0.6) is 5.75 Å². The number of hydrogen-bond acceptors (Lipinski definition) is 2. The molecule has 2 aromatic rings. The van der Waals surface area contributed by atoms with Crippen LogP contribution >= 0.6 is 0 Å². The van der Waals surface area contributed by atoms with Crippen LogP contribution in [0.25, 0.3) is 10.8 Å². The maximum absolute atomic E-state index is 10.4. The number of fused-ring (bicyclic) bond motifs is 1. The number of aromatic hydroxyl groups is 1. The lowest BCUT2D eigenvalue weighted by molar-refractivity contribution is 0.457. The summed E-state index contributed by atoms with van der Waals surface area (Å²) in [7, 11) is 0. The first-order valence-corrected chi connectivity index (χ1v) is 7.11. The molecule has 2 rings (SSSR count). The van der Waals surface area contributed by atoms with Crippen molar-refractivity contribution >= 4 is 10.8 Å². The van der Waals surface area contributed by atoms with E-state index in [-0.39, 0.29) is 6.04 Å². The largest absolute Gasteiger partial charge is 0.507 e. The molecule has 0 aliphatic carbocycles. The third kappa shape index (κ3) is 3.31. The van der Waals surface area contributed by atoms with Crippen LogP contribution < -0.4 is 5.32 Å². The molecule has 0 heterocycles. The van der Waals surface area contributed by atoms with Crippen molar-refractivity contribution in [3.63, 3.8) is 0 Å². The molecule has 2 nitrogen and oxygen atoms in total. The number of nitrogens with one attached hydrogen (secondary N) is 1. The Balaban J connectivity index is 2.05. The van der Waals surface area contributed by atoms with Gasteiger partial charge in [-0.2, -0.15) is 0 Å². The second-order valence-corrected chi connectivity index (χ2v) is 5.06. The number of unbranched alkanes of at least 4 members (excludes halogenated alkanes) is 2. The molecule has 0 saturated heterocycles. The highest BCUT2D eigenvalue weighted by atomic mass is 16.3. The van der Waals surface area contributed by atoms with Crippen molar-refractivity contribution in [2.45, 2.75) is 32.2 Å². The van der Waals surface area contributed by atoms with Crippen LogP contribution in [0.2, 0.25) is 0 Å². The number of phenols is 1. The van der Waals surface area contributed by atoms with Crippen LogP contribution in [0, 0.1) is 12.3 Å². The molecular formula is C18H21NO. The smallest absolute Gasteiger partial charge is 0.128 e. The van der Waals surface area contributed by atoms with E-state index in [2.05, 4.69) is 24.2 Å². The van der Waals surface area contributed by atoms with Gasteiger partial charge in [0.05, 0.1) is 0 Å². The summed E-state index contributed by atoms with van der Waals surface area (Å²) in [6.45, 7) is 2.99. The number of rotatable bonds is 6. The Morgan fingerprint density at radius 3 is 2.80 bits per heavy atom. The van der Waals surface area contributed by atoms with Gasteiger partial charge in [-0.05, 0) is 31.7 Å². The van der Waals surface area contributed by atoms with Crippen LogP contribution in [-0.2, 0) is 0 Å². The third-order valence-corrected chi connectivity index (χ3v) is 3.60. The minimum atomic E-state index is 0.130. The first kappa shape index (κ1) is 14.4. The molecule has 104 valence electrons. The second-order valence-electron chi connectivity index (χ2n) is 5.06. The Labute approximate surface area is 120 Å². The predicted octanol–water partition coefficient (Wildman–Crippen LogP) is 4.00. The molecule has 0 bridgehead atoms. The molecule has 0 aromatic heterocycles. The molecule has 1 unspecified atom stereocenters. The Morgan fingerprint density at radius 1 is 1.20 bits per heavy atom. The Kier molecular flexibility index (Phi) is 5.03. The number of phenolic OH excluding ortho intramolecular Hbond substituents is 1. The monoisotopic (exact) mass is 267 g/mol. The summed E-state index contributed by atoms with van der Waals surface area (Å²) in [6.07, 6.45) is 8.16. The maximum atomic E-state index is 10.4. The Bertz CT molecular complexity index is 612. The fourth-order valence-electron chi connectivity index (χ4n) is 2.40. The van der Waals surface area contributed by atoms with Crippen molar-refractivity contribution in [3.8, 4) is 18.1 Å². The van der Waals surface area contributed by atoms with Gasteiger partial charge in [0.25, 0.3) is 0 Å². The van der Waals surface area contributed by atoms with Crippen molar-refractivity contribution in [2.75, 3.05) is 6.54 Å². The topological polar surface area (TPSA) is 32.3 Å². The molecule has 1 atom stereocenters. The number of benzene rings is 2. The van der Waals surface area contributed by atoms with Gasteiger partial charge in [-0.1, -0.05) is 36.4 Å².